The molecule has 1 aromatic heterocycles. The molecule has 1 saturated carbocycles. The number of rotatable bonds is 4. The summed E-state index contributed by atoms with van der Waals surface area (Å²) in [5.74, 6) is 1.26. The van der Waals surface area contributed by atoms with E-state index >= 15 is 0 Å². The van der Waals surface area contributed by atoms with Crippen molar-refractivity contribution in [2.24, 2.45) is 0 Å². The van der Waals surface area contributed by atoms with E-state index in [4.69, 9.17) is 4.52 Å². The van der Waals surface area contributed by atoms with Gasteiger partial charge in [0.05, 0.1) is 6.42 Å². The Balaban J connectivity index is 1.61. The minimum absolute atomic E-state index is 0.0897. The fraction of sp³-hybridized carbons (Fsp3) is 0.333. The van der Waals surface area contributed by atoms with Crippen molar-refractivity contribution in [1.82, 2.24) is 5.16 Å². The quantitative estimate of drug-likeness (QED) is 0.927. The number of carbonyl (C=O) groups excluding carboxylic acids is 1. The molecule has 1 fully saturated rings. The maximum absolute atomic E-state index is 11.9. The van der Waals surface area contributed by atoms with Crippen molar-refractivity contribution in [1.29, 1.82) is 0 Å². The Hall–Kier alpha value is -1.62. The molecule has 1 heterocycles. The first kappa shape index (κ1) is 13.4. The number of halogens is 1. The molecule has 2 aromatic rings. The minimum atomic E-state index is -0.0897. The van der Waals surface area contributed by atoms with Crippen molar-refractivity contribution in [3.8, 4) is 0 Å². The summed E-state index contributed by atoms with van der Waals surface area (Å²) < 4.78 is 6.29. The highest BCUT2D eigenvalue weighted by atomic mass is 79.9. The molecule has 1 aromatic carbocycles. The molecule has 20 heavy (non-hydrogen) atoms. The Bertz CT molecular complexity index is 630. The molecule has 1 amide bonds. The Morgan fingerprint density at radius 2 is 2.10 bits per heavy atom. The van der Waals surface area contributed by atoms with Gasteiger partial charge in [0.25, 0.3) is 0 Å². The third kappa shape index (κ3) is 2.93. The van der Waals surface area contributed by atoms with Crippen LogP contribution in [-0.4, -0.2) is 11.1 Å². The number of carbonyl (C=O) groups is 1. The topological polar surface area (TPSA) is 55.1 Å². The van der Waals surface area contributed by atoms with Gasteiger partial charge in [-0.3, -0.25) is 4.79 Å². The van der Waals surface area contributed by atoms with Gasteiger partial charge < -0.3 is 9.84 Å². The van der Waals surface area contributed by atoms with E-state index in [9.17, 15) is 4.79 Å². The molecule has 1 N–H and O–H groups in total. The molecule has 1 aliphatic rings. The molecule has 0 radical (unpaired) electrons. The number of nitrogens with zero attached hydrogens (tertiary/aromatic N) is 1. The lowest BCUT2D eigenvalue weighted by atomic mass is 10.1. The SMILES string of the molecule is CC1(c2cc(NC(=O)Cc3ccc(Br)cc3)no2)CC1. The second-order valence-electron chi connectivity index (χ2n) is 5.49. The molecule has 0 aliphatic heterocycles. The molecule has 0 saturated heterocycles. The highest BCUT2D eigenvalue weighted by Crippen LogP contribution is 2.48. The molecular weight excluding hydrogens is 320 g/mol. The lowest BCUT2D eigenvalue weighted by molar-refractivity contribution is -0.115. The lowest BCUT2D eigenvalue weighted by Gasteiger charge is -2.02. The molecular formula is C15H15BrN2O2. The van der Waals surface area contributed by atoms with Crippen LogP contribution in [-0.2, 0) is 16.6 Å². The maximum Gasteiger partial charge on any atom is 0.230 e. The van der Waals surface area contributed by atoms with E-state index in [0.717, 1.165) is 28.6 Å². The van der Waals surface area contributed by atoms with Crippen molar-refractivity contribution in [2.75, 3.05) is 5.32 Å². The highest BCUT2D eigenvalue weighted by molar-refractivity contribution is 9.10. The van der Waals surface area contributed by atoms with E-state index in [1.807, 2.05) is 30.3 Å². The van der Waals surface area contributed by atoms with E-state index in [2.05, 4.69) is 33.3 Å². The third-order valence-electron chi connectivity index (χ3n) is 3.65. The van der Waals surface area contributed by atoms with Gasteiger partial charge in [-0.2, -0.15) is 0 Å². The summed E-state index contributed by atoms with van der Waals surface area (Å²) in [6.07, 6.45) is 2.57. The average molecular weight is 335 g/mol. The summed E-state index contributed by atoms with van der Waals surface area (Å²) in [5.41, 5.74) is 1.09. The van der Waals surface area contributed by atoms with Crippen molar-refractivity contribution < 1.29 is 9.32 Å². The second kappa shape index (κ2) is 5.05. The van der Waals surface area contributed by atoms with Crippen LogP contribution in [0, 0.1) is 0 Å². The molecule has 0 atom stereocenters. The number of anilines is 1. The first-order valence-corrected chi connectivity index (χ1v) is 7.36. The van der Waals surface area contributed by atoms with Crippen LogP contribution in [0.15, 0.2) is 39.3 Å². The summed E-state index contributed by atoms with van der Waals surface area (Å²) in [5, 5.41) is 6.67. The Morgan fingerprint density at radius 3 is 2.75 bits per heavy atom. The van der Waals surface area contributed by atoms with Gasteiger partial charge in [0.15, 0.2) is 5.82 Å². The van der Waals surface area contributed by atoms with Gasteiger partial charge in [-0.05, 0) is 30.5 Å². The number of amides is 1. The number of benzene rings is 1. The molecule has 4 nitrogen and oxygen atoms in total. The first-order chi connectivity index (χ1) is 9.55. The summed E-state index contributed by atoms with van der Waals surface area (Å²) in [6.45, 7) is 2.14. The summed E-state index contributed by atoms with van der Waals surface area (Å²) in [7, 11) is 0. The smallest absolute Gasteiger partial charge is 0.230 e. The van der Waals surface area contributed by atoms with Gasteiger partial charge in [-0.15, -0.1) is 0 Å². The zero-order valence-electron chi connectivity index (χ0n) is 11.1. The van der Waals surface area contributed by atoms with Crippen LogP contribution in [0.4, 0.5) is 5.82 Å². The molecule has 0 bridgehead atoms. The largest absolute Gasteiger partial charge is 0.359 e. The van der Waals surface area contributed by atoms with E-state index in [0.29, 0.717) is 12.2 Å². The van der Waals surface area contributed by atoms with Crippen LogP contribution in [0.5, 0.6) is 0 Å². The Kier molecular flexibility index (Phi) is 3.38. The zero-order chi connectivity index (χ0) is 14.2. The first-order valence-electron chi connectivity index (χ1n) is 6.57. The lowest BCUT2D eigenvalue weighted by Crippen LogP contribution is -2.14. The second-order valence-corrected chi connectivity index (χ2v) is 6.40. The van der Waals surface area contributed by atoms with E-state index < -0.39 is 0 Å². The normalized spacial score (nSPS) is 15.9. The van der Waals surface area contributed by atoms with Crippen LogP contribution in [0.25, 0.3) is 0 Å². The van der Waals surface area contributed by atoms with E-state index in [1.165, 1.54) is 0 Å². The van der Waals surface area contributed by atoms with Crippen molar-refractivity contribution in [2.45, 2.75) is 31.6 Å². The molecule has 0 spiro atoms. The van der Waals surface area contributed by atoms with Gasteiger partial charge in [-0.25, -0.2) is 0 Å². The maximum atomic E-state index is 11.9. The van der Waals surface area contributed by atoms with Crippen molar-refractivity contribution >= 4 is 27.7 Å². The molecule has 104 valence electrons. The predicted octanol–water partition coefficient (Wildman–Crippen LogP) is 3.67. The third-order valence-corrected chi connectivity index (χ3v) is 4.18. The molecule has 3 rings (SSSR count). The van der Waals surface area contributed by atoms with Crippen LogP contribution >= 0.6 is 15.9 Å². The van der Waals surface area contributed by atoms with E-state index in [-0.39, 0.29) is 11.3 Å². The molecule has 1 aliphatic carbocycles. The van der Waals surface area contributed by atoms with Gasteiger partial charge >= 0.3 is 0 Å². The number of aromatic nitrogens is 1. The average Bonchev–Trinajstić information content (AvgIpc) is 2.98. The summed E-state index contributed by atoms with van der Waals surface area (Å²) >= 11 is 3.37. The van der Waals surface area contributed by atoms with Crippen LogP contribution < -0.4 is 5.32 Å². The van der Waals surface area contributed by atoms with Crippen molar-refractivity contribution in [3.05, 3.63) is 46.1 Å². The minimum Gasteiger partial charge on any atom is -0.359 e. The Labute approximate surface area is 125 Å². The number of nitrogens with one attached hydrogen (secondary N) is 1. The van der Waals surface area contributed by atoms with Gasteiger partial charge in [-0.1, -0.05) is 40.1 Å². The summed E-state index contributed by atoms with van der Waals surface area (Å²) in [4.78, 5) is 11.9. The van der Waals surface area contributed by atoms with Crippen molar-refractivity contribution in [3.63, 3.8) is 0 Å². The Morgan fingerprint density at radius 1 is 1.40 bits per heavy atom. The van der Waals surface area contributed by atoms with Gasteiger partial charge in [0.2, 0.25) is 5.91 Å². The number of hydrogen-bond acceptors (Lipinski definition) is 3. The van der Waals surface area contributed by atoms with Crippen LogP contribution in [0.2, 0.25) is 0 Å². The van der Waals surface area contributed by atoms with Crippen LogP contribution in [0.3, 0.4) is 0 Å². The fourth-order valence-corrected chi connectivity index (χ4v) is 2.29. The number of hydrogen-bond donors (Lipinski definition) is 1. The monoisotopic (exact) mass is 334 g/mol. The zero-order valence-corrected chi connectivity index (χ0v) is 12.7. The molecule has 0 unspecified atom stereocenters. The van der Waals surface area contributed by atoms with E-state index in [1.54, 1.807) is 0 Å². The fourth-order valence-electron chi connectivity index (χ4n) is 2.03. The van der Waals surface area contributed by atoms with Gasteiger partial charge in [0.1, 0.15) is 5.76 Å². The predicted molar refractivity (Wildman–Crippen MR) is 79.6 cm³/mol. The summed E-state index contributed by atoms with van der Waals surface area (Å²) in [6, 6.07) is 9.51. The standard InChI is InChI=1S/C15H15BrN2O2/c1-15(6-7-15)12-9-13(18-20-12)17-14(19)8-10-2-4-11(16)5-3-10/h2-5,9H,6-8H2,1H3,(H,17,18,19). The van der Waals surface area contributed by atoms with Gasteiger partial charge in [0, 0.05) is 16.0 Å². The van der Waals surface area contributed by atoms with Crippen LogP contribution in [0.1, 0.15) is 31.1 Å². The highest BCUT2D eigenvalue weighted by Gasteiger charge is 2.42. The molecule has 5 heteroatoms.